The maximum absolute atomic E-state index is 14.0. The smallest absolute Gasteiger partial charge is 0.163 e. The summed E-state index contributed by atoms with van der Waals surface area (Å²) in [5, 5.41) is 3.15. The van der Waals surface area contributed by atoms with Crippen LogP contribution in [0, 0.1) is 24.5 Å². The molecule has 1 aliphatic carbocycles. The summed E-state index contributed by atoms with van der Waals surface area (Å²) >= 11 is 0. The first-order chi connectivity index (χ1) is 9.13. The normalized spacial score (nSPS) is 18.5. The van der Waals surface area contributed by atoms with Crippen LogP contribution in [0.2, 0.25) is 0 Å². The van der Waals surface area contributed by atoms with Crippen molar-refractivity contribution in [2.45, 2.75) is 51.5 Å². The zero-order chi connectivity index (χ0) is 13.8. The van der Waals surface area contributed by atoms with Gasteiger partial charge in [-0.2, -0.15) is 0 Å². The molecule has 3 heteroatoms. The van der Waals surface area contributed by atoms with E-state index in [-0.39, 0.29) is 6.04 Å². The summed E-state index contributed by atoms with van der Waals surface area (Å²) in [6, 6.07) is 3.30. The first-order valence-electron chi connectivity index (χ1n) is 7.25. The van der Waals surface area contributed by atoms with E-state index in [1.807, 2.05) is 7.05 Å². The number of hydrogen-bond acceptors (Lipinski definition) is 1. The van der Waals surface area contributed by atoms with Crippen molar-refractivity contribution in [3.8, 4) is 0 Å². The fraction of sp³-hybridized carbons (Fsp3) is 0.625. The van der Waals surface area contributed by atoms with Crippen LogP contribution in [0.1, 0.15) is 55.7 Å². The van der Waals surface area contributed by atoms with Gasteiger partial charge in [0, 0.05) is 11.6 Å². The summed E-state index contributed by atoms with van der Waals surface area (Å²) in [6.07, 6.45) is 7.18. The molecule has 1 aromatic carbocycles. The summed E-state index contributed by atoms with van der Waals surface area (Å²) in [5.41, 5.74) is 0.838. The lowest BCUT2D eigenvalue weighted by Crippen LogP contribution is -2.22. The van der Waals surface area contributed by atoms with Crippen LogP contribution >= 0.6 is 0 Å². The van der Waals surface area contributed by atoms with Crippen LogP contribution in [0.25, 0.3) is 0 Å². The standard InChI is InChI=1S/C16H23F2N/c1-11-8-9-13(16(18)15(11)17)14(19-2)10-12-6-4-3-5-7-12/h8-9,12,14,19H,3-7,10H2,1-2H3. The van der Waals surface area contributed by atoms with Gasteiger partial charge in [0.15, 0.2) is 11.6 Å². The average molecular weight is 267 g/mol. The SMILES string of the molecule is CNC(CC1CCCCC1)c1ccc(C)c(F)c1F. The highest BCUT2D eigenvalue weighted by molar-refractivity contribution is 5.28. The summed E-state index contributed by atoms with van der Waals surface area (Å²) in [4.78, 5) is 0. The van der Waals surface area contributed by atoms with E-state index in [9.17, 15) is 8.78 Å². The minimum Gasteiger partial charge on any atom is -0.313 e. The van der Waals surface area contributed by atoms with Crippen LogP contribution in [0.3, 0.4) is 0 Å². The minimum absolute atomic E-state index is 0.0850. The third kappa shape index (κ3) is 3.33. The van der Waals surface area contributed by atoms with Crippen LogP contribution in [-0.2, 0) is 0 Å². The fourth-order valence-electron chi connectivity index (χ4n) is 3.09. The molecule has 1 N–H and O–H groups in total. The molecule has 0 spiro atoms. The first-order valence-corrected chi connectivity index (χ1v) is 7.25. The Kier molecular flexibility index (Phi) is 4.92. The number of nitrogens with one attached hydrogen (secondary N) is 1. The van der Waals surface area contributed by atoms with Gasteiger partial charge in [0.25, 0.3) is 0 Å². The Morgan fingerprint density at radius 3 is 2.47 bits per heavy atom. The lowest BCUT2D eigenvalue weighted by molar-refractivity contribution is 0.301. The highest BCUT2D eigenvalue weighted by atomic mass is 19.2. The van der Waals surface area contributed by atoms with Crippen molar-refractivity contribution >= 4 is 0 Å². The van der Waals surface area contributed by atoms with Crippen molar-refractivity contribution in [1.82, 2.24) is 5.32 Å². The molecule has 19 heavy (non-hydrogen) atoms. The van der Waals surface area contributed by atoms with Crippen LogP contribution < -0.4 is 5.32 Å². The second-order valence-electron chi connectivity index (χ2n) is 5.68. The van der Waals surface area contributed by atoms with Crippen molar-refractivity contribution in [3.05, 3.63) is 34.9 Å². The molecule has 0 aliphatic heterocycles. The maximum Gasteiger partial charge on any atom is 0.163 e. The van der Waals surface area contributed by atoms with Gasteiger partial charge in [0.2, 0.25) is 0 Å². The molecular weight excluding hydrogens is 244 g/mol. The molecule has 0 heterocycles. The summed E-state index contributed by atoms with van der Waals surface area (Å²) in [7, 11) is 1.82. The molecule has 2 rings (SSSR count). The van der Waals surface area contributed by atoms with Crippen LogP contribution in [0.5, 0.6) is 0 Å². The average Bonchev–Trinajstić information content (AvgIpc) is 2.44. The predicted molar refractivity (Wildman–Crippen MR) is 74.1 cm³/mol. The number of benzene rings is 1. The summed E-state index contributed by atoms with van der Waals surface area (Å²) < 4.78 is 27.7. The number of rotatable bonds is 4. The molecule has 1 fully saturated rings. The molecule has 1 saturated carbocycles. The van der Waals surface area contributed by atoms with Crippen molar-refractivity contribution < 1.29 is 8.78 Å². The second kappa shape index (κ2) is 6.47. The van der Waals surface area contributed by atoms with Crippen LogP contribution in [0.15, 0.2) is 12.1 Å². The highest BCUT2D eigenvalue weighted by Gasteiger charge is 2.23. The minimum atomic E-state index is -0.707. The number of halogens is 2. The van der Waals surface area contributed by atoms with Gasteiger partial charge in [-0.25, -0.2) is 8.78 Å². The van der Waals surface area contributed by atoms with Gasteiger partial charge in [-0.3, -0.25) is 0 Å². The molecule has 1 nitrogen and oxygen atoms in total. The van der Waals surface area contributed by atoms with E-state index in [0.717, 1.165) is 6.42 Å². The first kappa shape index (κ1) is 14.4. The molecule has 1 aliphatic rings. The Bertz CT molecular complexity index is 425. The molecule has 0 radical (unpaired) electrons. The second-order valence-corrected chi connectivity index (χ2v) is 5.68. The Morgan fingerprint density at radius 1 is 1.16 bits per heavy atom. The zero-order valence-corrected chi connectivity index (χ0v) is 11.8. The van der Waals surface area contributed by atoms with Crippen LogP contribution in [0.4, 0.5) is 8.78 Å². The molecule has 0 aromatic heterocycles. The molecule has 0 bridgehead atoms. The Morgan fingerprint density at radius 2 is 1.84 bits per heavy atom. The van der Waals surface area contributed by atoms with Crippen LogP contribution in [-0.4, -0.2) is 7.05 Å². The molecule has 1 aromatic rings. The van der Waals surface area contributed by atoms with E-state index in [1.165, 1.54) is 32.1 Å². The van der Waals surface area contributed by atoms with Crippen molar-refractivity contribution in [2.75, 3.05) is 7.05 Å². The summed E-state index contributed by atoms with van der Waals surface area (Å²) in [6.45, 7) is 1.59. The monoisotopic (exact) mass is 267 g/mol. The van der Waals surface area contributed by atoms with E-state index in [2.05, 4.69) is 5.32 Å². The fourth-order valence-corrected chi connectivity index (χ4v) is 3.09. The lowest BCUT2D eigenvalue weighted by atomic mass is 9.83. The number of aryl methyl sites for hydroxylation is 1. The predicted octanol–water partition coefficient (Wildman–Crippen LogP) is 4.50. The highest BCUT2D eigenvalue weighted by Crippen LogP contribution is 2.33. The van der Waals surface area contributed by atoms with Gasteiger partial charge < -0.3 is 5.32 Å². The van der Waals surface area contributed by atoms with Gasteiger partial charge in [0.05, 0.1) is 0 Å². The lowest BCUT2D eigenvalue weighted by Gasteiger charge is -2.27. The van der Waals surface area contributed by atoms with E-state index in [0.29, 0.717) is 17.0 Å². The third-order valence-corrected chi connectivity index (χ3v) is 4.32. The molecule has 0 saturated heterocycles. The van der Waals surface area contributed by atoms with Gasteiger partial charge >= 0.3 is 0 Å². The van der Waals surface area contributed by atoms with E-state index >= 15 is 0 Å². The van der Waals surface area contributed by atoms with Crippen molar-refractivity contribution in [2.24, 2.45) is 5.92 Å². The molecule has 106 valence electrons. The van der Waals surface area contributed by atoms with Crippen molar-refractivity contribution in [1.29, 1.82) is 0 Å². The molecule has 0 amide bonds. The maximum atomic E-state index is 14.0. The van der Waals surface area contributed by atoms with Gasteiger partial charge in [-0.15, -0.1) is 0 Å². The summed E-state index contributed by atoms with van der Waals surface area (Å²) in [5.74, 6) is -0.758. The van der Waals surface area contributed by atoms with Gasteiger partial charge in [0.1, 0.15) is 0 Å². The van der Waals surface area contributed by atoms with Gasteiger partial charge in [-0.1, -0.05) is 44.2 Å². The Hall–Kier alpha value is -0.960. The number of hydrogen-bond donors (Lipinski definition) is 1. The Labute approximate surface area is 114 Å². The molecule has 1 unspecified atom stereocenters. The zero-order valence-electron chi connectivity index (χ0n) is 11.8. The van der Waals surface area contributed by atoms with Crippen molar-refractivity contribution in [3.63, 3.8) is 0 Å². The Balaban J connectivity index is 2.14. The largest absolute Gasteiger partial charge is 0.313 e. The molecular formula is C16H23F2N. The quantitative estimate of drug-likeness (QED) is 0.846. The topological polar surface area (TPSA) is 12.0 Å². The van der Waals surface area contributed by atoms with E-state index < -0.39 is 11.6 Å². The van der Waals surface area contributed by atoms with E-state index in [1.54, 1.807) is 19.1 Å². The molecule has 1 atom stereocenters. The third-order valence-electron chi connectivity index (χ3n) is 4.32. The van der Waals surface area contributed by atoms with Gasteiger partial charge in [-0.05, 0) is 31.9 Å². The van der Waals surface area contributed by atoms with E-state index in [4.69, 9.17) is 0 Å².